The molecule has 0 bridgehead atoms. The first-order valence-corrected chi connectivity index (χ1v) is 5.23. The van der Waals surface area contributed by atoms with E-state index in [-0.39, 0.29) is 6.04 Å². The van der Waals surface area contributed by atoms with Crippen LogP contribution < -0.4 is 15.2 Å². The molecule has 2 N–H and O–H groups in total. The summed E-state index contributed by atoms with van der Waals surface area (Å²) in [7, 11) is 1.66. The second-order valence-electron chi connectivity index (χ2n) is 3.56. The van der Waals surface area contributed by atoms with E-state index in [1.54, 1.807) is 7.11 Å². The molecule has 1 aromatic rings. The molecular formula is C12H19NO2. The highest BCUT2D eigenvalue weighted by atomic mass is 16.5. The zero-order valence-electron chi connectivity index (χ0n) is 9.62. The summed E-state index contributed by atoms with van der Waals surface area (Å²) >= 11 is 0. The summed E-state index contributed by atoms with van der Waals surface area (Å²) in [5, 5.41) is 0. The van der Waals surface area contributed by atoms with E-state index in [2.05, 4.69) is 0 Å². The summed E-state index contributed by atoms with van der Waals surface area (Å²) in [6, 6.07) is 6.01. The fourth-order valence-electron chi connectivity index (χ4n) is 1.57. The summed E-state index contributed by atoms with van der Waals surface area (Å²) in [5.74, 6) is 1.59. The maximum Gasteiger partial charge on any atom is 0.163 e. The zero-order valence-corrected chi connectivity index (χ0v) is 9.62. The number of ether oxygens (including phenoxy) is 2. The summed E-state index contributed by atoms with van der Waals surface area (Å²) in [4.78, 5) is 0. The van der Waals surface area contributed by atoms with E-state index >= 15 is 0 Å². The van der Waals surface area contributed by atoms with Gasteiger partial charge in [0.1, 0.15) is 0 Å². The Morgan fingerprint density at radius 3 is 2.67 bits per heavy atom. The van der Waals surface area contributed by atoms with Crippen LogP contribution in [0.1, 0.15) is 19.4 Å². The number of hydrogen-bond donors (Lipinski definition) is 1. The second-order valence-corrected chi connectivity index (χ2v) is 3.56. The Morgan fingerprint density at radius 2 is 2.13 bits per heavy atom. The summed E-state index contributed by atoms with van der Waals surface area (Å²) in [6.07, 6.45) is 0.796. The average molecular weight is 209 g/mol. The van der Waals surface area contributed by atoms with E-state index in [1.807, 2.05) is 32.0 Å². The van der Waals surface area contributed by atoms with Crippen LogP contribution in [0.4, 0.5) is 0 Å². The lowest BCUT2D eigenvalue weighted by atomic mass is 10.1. The number of methoxy groups -OCH3 is 1. The number of hydrogen-bond acceptors (Lipinski definition) is 3. The molecule has 0 saturated carbocycles. The third-order valence-corrected chi connectivity index (χ3v) is 2.11. The van der Waals surface area contributed by atoms with Crippen molar-refractivity contribution in [1.82, 2.24) is 0 Å². The smallest absolute Gasteiger partial charge is 0.163 e. The molecule has 3 nitrogen and oxygen atoms in total. The third kappa shape index (κ3) is 3.13. The molecule has 0 heterocycles. The van der Waals surface area contributed by atoms with E-state index in [9.17, 15) is 0 Å². The van der Waals surface area contributed by atoms with Gasteiger partial charge < -0.3 is 15.2 Å². The maximum atomic E-state index is 5.78. The molecule has 0 aliphatic rings. The molecule has 0 aromatic heterocycles. The van der Waals surface area contributed by atoms with E-state index in [4.69, 9.17) is 15.2 Å². The van der Waals surface area contributed by atoms with Gasteiger partial charge in [-0.25, -0.2) is 0 Å². The molecule has 15 heavy (non-hydrogen) atoms. The van der Waals surface area contributed by atoms with Crippen molar-refractivity contribution in [2.45, 2.75) is 26.3 Å². The van der Waals surface area contributed by atoms with Crippen LogP contribution in [0.15, 0.2) is 18.2 Å². The highest BCUT2D eigenvalue weighted by molar-refractivity contribution is 5.46. The van der Waals surface area contributed by atoms with Gasteiger partial charge >= 0.3 is 0 Å². The van der Waals surface area contributed by atoms with Gasteiger partial charge in [0.25, 0.3) is 0 Å². The number of para-hydroxylation sites is 1. The molecule has 0 amide bonds. The van der Waals surface area contributed by atoms with Gasteiger partial charge in [0, 0.05) is 6.04 Å². The largest absolute Gasteiger partial charge is 0.493 e. The Bertz CT molecular complexity index is 310. The lowest BCUT2D eigenvalue weighted by molar-refractivity contribution is 0.309. The van der Waals surface area contributed by atoms with Gasteiger partial charge in [0.2, 0.25) is 0 Å². The van der Waals surface area contributed by atoms with Crippen molar-refractivity contribution in [1.29, 1.82) is 0 Å². The van der Waals surface area contributed by atoms with Gasteiger partial charge in [-0.3, -0.25) is 0 Å². The Morgan fingerprint density at radius 1 is 1.40 bits per heavy atom. The Kier molecular flexibility index (Phi) is 4.43. The average Bonchev–Trinajstić information content (AvgIpc) is 2.18. The van der Waals surface area contributed by atoms with Crippen molar-refractivity contribution >= 4 is 0 Å². The molecule has 0 radical (unpaired) electrons. The van der Waals surface area contributed by atoms with Gasteiger partial charge in [-0.1, -0.05) is 12.1 Å². The minimum atomic E-state index is 0.121. The van der Waals surface area contributed by atoms with Crippen molar-refractivity contribution < 1.29 is 9.47 Å². The van der Waals surface area contributed by atoms with Crippen LogP contribution in [0, 0.1) is 0 Å². The molecule has 84 valence electrons. The monoisotopic (exact) mass is 209 g/mol. The molecule has 1 unspecified atom stereocenters. The van der Waals surface area contributed by atoms with Crippen LogP contribution in [0.25, 0.3) is 0 Å². The van der Waals surface area contributed by atoms with Crippen LogP contribution in [0.5, 0.6) is 11.5 Å². The van der Waals surface area contributed by atoms with Crippen LogP contribution in [0.2, 0.25) is 0 Å². The van der Waals surface area contributed by atoms with E-state index in [0.717, 1.165) is 23.5 Å². The second kappa shape index (κ2) is 5.61. The fourth-order valence-corrected chi connectivity index (χ4v) is 1.57. The molecular weight excluding hydrogens is 190 g/mol. The van der Waals surface area contributed by atoms with E-state index in [0.29, 0.717) is 6.61 Å². The van der Waals surface area contributed by atoms with Crippen molar-refractivity contribution in [3.63, 3.8) is 0 Å². The van der Waals surface area contributed by atoms with Crippen LogP contribution in [0.3, 0.4) is 0 Å². The minimum absolute atomic E-state index is 0.121. The fraction of sp³-hybridized carbons (Fsp3) is 0.500. The number of benzene rings is 1. The summed E-state index contributed by atoms with van der Waals surface area (Å²) in [6.45, 7) is 4.57. The van der Waals surface area contributed by atoms with Crippen LogP contribution in [-0.2, 0) is 6.42 Å². The first-order chi connectivity index (χ1) is 7.19. The molecule has 0 spiro atoms. The van der Waals surface area contributed by atoms with Gasteiger partial charge in [-0.15, -0.1) is 0 Å². The highest BCUT2D eigenvalue weighted by Crippen LogP contribution is 2.31. The number of rotatable bonds is 5. The molecule has 0 saturated heterocycles. The lowest BCUT2D eigenvalue weighted by Gasteiger charge is -2.14. The minimum Gasteiger partial charge on any atom is -0.493 e. The van der Waals surface area contributed by atoms with Gasteiger partial charge in [0.15, 0.2) is 11.5 Å². The predicted molar refractivity (Wildman–Crippen MR) is 61.5 cm³/mol. The summed E-state index contributed by atoms with van der Waals surface area (Å²) < 4.78 is 10.8. The van der Waals surface area contributed by atoms with E-state index < -0.39 is 0 Å². The molecule has 1 atom stereocenters. The van der Waals surface area contributed by atoms with Crippen molar-refractivity contribution in [3.8, 4) is 11.5 Å². The van der Waals surface area contributed by atoms with Crippen LogP contribution >= 0.6 is 0 Å². The Hall–Kier alpha value is -1.22. The molecule has 0 fully saturated rings. The topological polar surface area (TPSA) is 44.5 Å². The van der Waals surface area contributed by atoms with Crippen molar-refractivity contribution in [2.75, 3.05) is 13.7 Å². The van der Waals surface area contributed by atoms with Crippen LogP contribution in [-0.4, -0.2) is 19.8 Å². The highest BCUT2D eigenvalue weighted by Gasteiger charge is 2.10. The van der Waals surface area contributed by atoms with Crippen molar-refractivity contribution in [3.05, 3.63) is 23.8 Å². The van der Waals surface area contributed by atoms with Crippen molar-refractivity contribution in [2.24, 2.45) is 5.73 Å². The molecule has 3 heteroatoms. The third-order valence-electron chi connectivity index (χ3n) is 2.11. The van der Waals surface area contributed by atoms with Gasteiger partial charge in [0.05, 0.1) is 13.7 Å². The molecule has 1 aromatic carbocycles. The zero-order chi connectivity index (χ0) is 11.3. The molecule has 0 aliphatic carbocycles. The maximum absolute atomic E-state index is 5.78. The quantitative estimate of drug-likeness (QED) is 0.806. The number of nitrogens with two attached hydrogens (primary N) is 1. The Balaban J connectivity index is 2.98. The lowest BCUT2D eigenvalue weighted by Crippen LogP contribution is -2.18. The molecule has 0 aliphatic heterocycles. The van der Waals surface area contributed by atoms with Gasteiger partial charge in [-0.2, -0.15) is 0 Å². The molecule has 1 rings (SSSR count). The van der Waals surface area contributed by atoms with E-state index in [1.165, 1.54) is 0 Å². The predicted octanol–water partition coefficient (Wildman–Crippen LogP) is 1.98. The first kappa shape index (κ1) is 11.9. The first-order valence-electron chi connectivity index (χ1n) is 5.23. The summed E-state index contributed by atoms with van der Waals surface area (Å²) in [5.41, 5.74) is 6.87. The normalized spacial score (nSPS) is 12.3. The Labute approximate surface area is 91.2 Å². The standard InChI is InChI=1S/C12H19NO2/c1-4-15-11-7-5-6-10(8-9(2)13)12(11)14-3/h5-7,9H,4,8,13H2,1-3H3. The SMILES string of the molecule is CCOc1cccc(CC(C)N)c1OC. The van der Waals surface area contributed by atoms with Gasteiger partial charge in [-0.05, 0) is 31.9 Å².